The van der Waals surface area contributed by atoms with Crippen molar-refractivity contribution in [1.29, 1.82) is 0 Å². The first-order valence-corrected chi connectivity index (χ1v) is 14.0. The molecule has 0 aromatic heterocycles. The summed E-state index contributed by atoms with van der Waals surface area (Å²) in [5.74, 6) is -1.84. The molecule has 0 aliphatic heterocycles. The van der Waals surface area contributed by atoms with Crippen molar-refractivity contribution in [3.8, 4) is 11.5 Å². The van der Waals surface area contributed by atoms with E-state index < -0.39 is 41.4 Å². The van der Waals surface area contributed by atoms with Crippen LogP contribution in [-0.2, 0) is 30.3 Å². The minimum Gasteiger partial charge on any atom is -0.477 e. The molecule has 0 bridgehead atoms. The second-order valence-corrected chi connectivity index (χ2v) is 11.8. The zero-order valence-corrected chi connectivity index (χ0v) is 25.4. The summed E-state index contributed by atoms with van der Waals surface area (Å²) in [4.78, 5) is 50.2. The van der Waals surface area contributed by atoms with Crippen molar-refractivity contribution in [3.05, 3.63) is 23.8 Å². The van der Waals surface area contributed by atoms with Gasteiger partial charge in [0, 0.05) is 25.3 Å². The van der Waals surface area contributed by atoms with Gasteiger partial charge in [0.2, 0.25) is 0 Å². The molecule has 10 nitrogen and oxygen atoms in total. The molecule has 0 spiro atoms. The summed E-state index contributed by atoms with van der Waals surface area (Å²) in [6.07, 6.45) is 0.585. The van der Waals surface area contributed by atoms with E-state index in [0.717, 1.165) is 0 Å². The van der Waals surface area contributed by atoms with Gasteiger partial charge in [-0.25, -0.2) is 9.59 Å². The molecule has 1 atom stereocenters. The van der Waals surface area contributed by atoms with Crippen LogP contribution in [0.1, 0.15) is 100.0 Å². The van der Waals surface area contributed by atoms with Crippen molar-refractivity contribution in [2.75, 3.05) is 0 Å². The van der Waals surface area contributed by atoms with Crippen LogP contribution in [0.5, 0.6) is 11.5 Å². The van der Waals surface area contributed by atoms with E-state index in [4.69, 9.17) is 18.9 Å². The zero-order chi connectivity index (χ0) is 30.7. The normalized spacial score (nSPS) is 13.2. The predicted molar refractivity (Wildman–Crippen MR) is 150 cm³/mol. The third-order valence-corrected chi connectivity index (χ3v) is 6.10. The third-order valence-electron chi connectivity index (χ3n) is 6.10. The SMILES string of the molecule is CCC(C)(C)OC(=O)O[C@](Cc1ccc(OC(=O)CCC(C)C)c(OC(=O)CCC(C)C)c1)(NC(C)C)C(=O)O. The number of hydrogen-bond acceptors (Lipinski definition) is 9. The maximum absolute atomic E-state index is 12.7. The molecule has 0 radical (unpaired) electrons. The number of carboxylic acid groups (broad SMARTS) is 1. The van der Waals surface area contributed by atoms with Crippen molar-refractivity contribution < 1.29 is 43.2 Å². The molecular weight excluding hydrogens is 518 g/mol. The average molecular weight is 566 g/mol. The van der Waals surface area contributed by atoms with Crippen molar-refractivity contribution in [2.45, 2.75) is 118 Å². The van der Waals surface area contributed by atoms with Crippen LogP contribution in [0.4, 0.5) is 4.79 Å². The molecule has 2 N–H and O–H groups in total. The molecule has 0 saturated heterocycles. The van der Waals surface area contributed by atoms with Gasteiger partial charge in [0.05, 0.1) is 0 Å². The second-order valence-electron chi connectivity index (χ2n) is 11.8. The molecule has 0 amide bonds. The Morgan fingerprint density at radius 2 is 1.38 bits per heavy atom. The van der Waals surface area contributed by atoms with Crippen molar-refractivity contribution >= 4 is 24.1 Å². The molecule has 0 saturated carbocycles. The van der Waals surface area contributed by atoms with E-state index in [0.29, 0.717) is 30.7 Å². The summed E-state index contributed by atoms with van der Waals surface area (Å²) < 4.78 is 21.8. The van der Waals surface area contributed by atoms with Crippen LogP contribution in [0.3, 0.4) is 0 Å². The second kappa shape index (κ2) is 15.6. The minimum atomic E-state index is -2.19. The van der Waals surface area contributed by atoms with Gasteiger partial charge in [-0.1, -0.05) is 40.7 Å². The van der Waals surface area contributed by atoms with Gasteiger partial charge in [-0.3, -0.25) is 14.9 Å². The number of carbonyl (C=O) groups excluding carboxylic acids is 3. The molecule has 0 aliphatic carbocycles. The number of carbonyl (C=O) groups is 4. The van der Waals surface area contributed by atoms with Crippen LogP contribution in [0.15, 0.2) is 18.2 Å². The molecule has 40 heavy (non-hydrogen) atoms. The van der Waals surface area contributed by atoms with Crippen molar-refractivity contribution in [1.82, 2.24) is 5.32 Å². The monoisotopic (exact) mass is 565 g/mol. The Balaban J connectivity index is 3.41. The Morgan fingerprint density at radius 1 is 0.850 bits per heavy atom. The van der Waals surface area contributed by atoms with E-state index in [1.807, 2.05) is 34.6 Å². The summed E-state index contributed by atoms with van der Waals surface area (Å²) in [5, 5.41) is 13.0. The zero-order valence-electron chi connectivity index (χ0n) is 25.4. The Bertz CT molecular complexity index is 1020. The Kier molecular flexibility index (Phi) is 13.6. The Labute approximate surface area is 238 Å². The highest BCUT2D eigenvalue weighted by atomic mass is 16.8. The lowest BCUT2D eigenvalue weighted by atomic mass is 10.0. The molecule has 0 heterocycles. The Hall–Kier alpha value is -3.14. The van der Waals surface area contributed by atoms with Gasteiger partial charge in [-0.15, -0.1) is 0 Å². The first kappa shape index (κ1) is 34.9. The molecule has 226 valence electrons. The first-order chi connectivity index (χ1) is 18.5. The molecule has 10 heteroatoms. The maximum Gasteiger partial charge on any atom is 0.511 e. The predicted octanol–water partition coefficient (Wildman–Crippen LogP) is 6.03. The van der Waals surface area contributed by atoms with Crippen LogP contribution in [0.25, 0.3) is 0 Å². The highest BCUT2D eigenvalue weighted by molar-refractivity contribution is 5.81. The van der Waals surface area contributed by atoms with E-state index in [1.165, 1.54) is 18.2 Å². The topological polar surface area (TPSA) is 137 Å². The van der Waals surface area contributed by atoms with Gasteiger partial charge in [-0.2, -0.15) is 0 Å². The number of ether oxygens (including phenoxy) is 4. The summed E-state index contributed by atoms with van der Waals surface area (Å²) in [5.41, 5.74) is -2.70. The lowest BCUT2D eigenvalue weighted by Gasteiger charge is -2.33. The largest absolute Gasteiger partial charge is 0.511 e. The van der Waals surface area contributed by atoms with Crippen LogP contribution < -0.4 is 14.8 Å². The number of benzene rings is 1. The number of aliphatic carboxylic acids is 1. The van der Waals surface area contributed by atoms with E-state index in [1.54, 1.807) is 27.7 Å². The summed E-state index contributed by atoms with van der Waals surface area (Å²) >= 11 is 0. The van der Waals surface area contributed by atoms with Gasteiger partial charge in [-0.05, 0) is 76.5 Å². The van der Waals surface area contributed by atoms with Crippen LogP contribution in [0.2, 0.25) is 0 Å². The number of esters is 2. The molecular formula is C30H47NO9. The summed E-state index contributed by atoms with van der Waals surface area (Å²) in [6.45, 7) is 16.6. The number of nitrogens with one attached hydrogen (secondary N) is 1. The van der Waals surface area contributed by atoms with Crippen LogP contribution >= 0.6 is 0 Å². The molecule has 1 aromatic rings. The fourth-order valence-electron chi connectivity index (χ4n) is 3.50. The highest BCUT2D eigenvalue weighted by Crippen LogP contribution is 2.32. The lowest BCUT2D eigenvalue weighted by molar-refractivity contribution is -0.169. The summed E-state index contributed by atoms with van der Waals surface area (Å²) in [6, 6.07) is 4.00. The molecule has 1 aromatic carbocycles. The summed E-state index contributed by atoms with van der Waals surface area (Å²) in [7, 11) is 0. The quantitative estimate of drug-likeness (QED) is 0.139. The lowest BCUT2D eigenvalue weighted by Crippen LogP contribution is -2.59. The standard InChI is InChI=1S/C30H47NO9/c1-10-29(8,9)39-28(36)40-30(27(34)35,31-21(6)7)18-22-13-14-23(37-25(32)15-11-19(2)3)24(17-22)38-26(33)16-12-20(4)5/h13-14,17,19-21,31H,10-12,15-16,18H2,1-9H3,(H,34,35)/t30-/m0/s1. The molecule has 0 aliphatic rings. The smallest absolute Gasteiger partial charge is 0.477 e. The van der Waals surface area contributed by atoms with Crippen LogP contribution in [-0.4, -0.2) is 46.5 Å². The number of hydrogen-bond donors (Lipinski definition) is 2. The van der Waals surface area contributed by atoms with Gasteiger partial charge >= 0.3 is 24.1 Å². The molecule has 0 unspecified atom stereocenters. The molecule has 1 rings (SSSR count). The average Bonchev–Trinajstić information content (AvgIpc) is 2.82. The van der Waals surface area contributed by atoms with Gasteiger partial charge in [0.25, 0.3) is 5.72 Å². The maximum atomic E-state index is 12.7. The third kappa shape index (κ3) is 12.4. The Morgan fingerprint density at radius 3 is 1.82 bits per heavy atom. The van der Waals surface area contributed by atoms with Crippen molar-refractivity contribution in [2.24, 2.45) is 11.8 Å². The van der Waals surface area contributed by atoms with Gasteiger partial charge < -0.3 is 24.1 Å². The van der Waals surface area contributed by atoms with E-state index in [-0.39, 0.29) is 36.7 Å². The number of carboxylic acids is 1. The first-order valence-electron chi connectivity index (χ1n) is 14.0. The highest BCUT2D eigenvalue weighted by Gasteiger charge is 2.45. The minimum absolute atomic E-state index is 0.0253. The van der Waals surface area contributed by atoms with E-state index >= 15 is 0 Å². The van der Waals surface area contributed by atoms with Crippen LogP contribution in [0, 0.1) is 11.8 Å². The fraction of sp³-hybridized carbons (Fsp3) is 0.667. The van der Waals surface area contributed by atoms with Gasteiger partial charge in [0.1, 0.15) is 5.60 Å². The fourth-order valence-corrected chi connectivity index (χ4v) is 3.50. The van der Waals surface area contributed by atoms with Crippen molar-refractivity contribution in [3.63, 3.8) is 0 Å². The van der Waals surface area contributed by atoms with E-state index in [2.05, 4.69) is 5.32 Å². The van der Waals surface area contributed by atoms with E-state index in [9.17, 15) is 24.3 Å². The number of rotatable bonds is 16. The molecule has 0 fully saturated rings. The van der Waals surface area contributed by atoms with Gasteiger partial charge in [0.15, 0.2) is 11.5 Å².